The molecule has 2 aromatic carbocycles. The quantitative estimate of drug-likeness (QED) is 0.0570. The minimum Gasteiger partial charge on any atom is -0.598 e. The smallest absolute Gasteiger partial charge is 0.410 e. The largest absolute Gasteiger partial charge is 0.598 e. The van der Waals surface area contributed by atoms with E-state index in [1.807, 2.05) is 67.6 Å². The molecule has 0 saturated carbocycles. The zero-order valence-corrected chi connectivity index (χ0v) is 30.3. The predicted molar refractivity (Wildman–Crippen MR) is 182 cm³/mol. The van der Waals surface area contributed by atoms with Crippen LogP contribution in [-0.2, 0) is 20.5 Å². The molecule has 1 amide bonds. The number of amides is 1. The third-order valence-electron chi connectivity index (χ3n) is 8.64. The van der Waals surface area contributed by atoms with Gasteiger partial charge in [-0.25, -0.2) is 4.79 Å². The number of carbonyl (C=O) groups is 1. The average molecular weight is 696 g/mol. The molecule has 260 valence electrons. The van der Waals surface area contributed by atoms with Crippen LogP contribution in [0.1, 0.15) is 74.7 Å². The molecule has 0 spiro atoms. The maximum Gasteiger partial charge on any atom is 0.410 e. The maximum absolute atomic E-state index is 15.2. The first-order chi connectivity index (χ1) is 21.8. The van der Waals surface area contributed by atoms with E-state index in [4.69, 9.17) is 14.7 Å². The Bertz CT molecular complexity index is 1330. The number of cyclic esters (lactones) is 1. The lowest BCUT2D eigenvalue weighted by molar-refractivity contribution is -0.178. The van der Waals surface area contributed by atoms with E-state index in [-0.39, 0.29) is 25.9 Å². The van der Waals surface area contributed by atoms with Crippen LogP contribution in [0.15, 0.2) is 65.8 Å². The molecular weight excluding hydrogens is 648 g/mol. The minimum absolute atomic E-state index is 0.0912. The van der Waals surface area contributed by atoms with E-state index in [9.17, 15) is 9.35 Å². The van der Waals surface area contributed by atoms with Crippen molar-refractivity contribution in [2.45, 2.75) is 114 Å². The van der Waals surface area contributed by atoms with E-state index in [2.05, 4.69) is 35.5 Å². The molecule has 0 aliphatic carbocycles. The summed E-state index contributed by atoms with van der Waals surface area (Å²) in [5, 5.41) is 4.85. The number of nitrogens with zero attached hydrogens (tertiary/aromatic N) is 4. The summed E-state index contributed by atoms with van der Waals surface area (Å²) in [5.74, 6) is 0. The standard InChI is InChI=1S/C33H48F3N5O4SSi/c1-9-26(45-47(31(5,6)7,24-18-12-10-13-19-24)25-20-14-11-15-21-25)32(8)28(27(33(34,35)36)39-46(43)30(2,3)4)41(29(42)44-32)23-17-16-22-38-40-37/h10-15,18-21,26-28,39H,9,16-17,22-23H2,1-8H3/t26-,27+,28-,32-,46?/m1/s1. The lowest BCUT2D eigenvalue weighted by Crippen LogP contribution is -2.72. The van der Waals surface area contributed by atoms with Gasteiger partial charge in [-0.1, -0.05) is 93.5 Å². The normalized spacial score (nSPS) is 21.1. The molecule has 2 aromatic rings. The molecule has 0 bridgehead atoms. The fraction of sp³-hybridized carbons (Fsp3) is 0.606. The second kappa shape index (κ2) is 15.2. The van der Waals surface area contributed by atoms with Crippen molar-refractivity contribution in [3.05, 3.63) is 71.1 Å². The zero-order valence-electron chi connectivity index (χ0n) is 28.5. The van der Waals surface area contributed by atoms with Crippen LogP contribution in [0, 0.1) is 0 Å². The molecule has 3 rings (SSSR count). The molecule has 14 heteroatoms. The number of azide groups is 1. The molecule has 5 atom stereocenters. The van der Waals surface area contributed by atoms with Gasteiger partial charge in [0.15, 0.2) is 11.6 Å². The van der Waals surface area contributed by atoms with Gasteiger partial charge < -0.3 is 13.7 Å². The van der Waals surface area contributed by atoms with E-state index in [0.717, 1.165) is 15.3 Å². The number of unbranched alkanes of at least 4 members (excludes halogenated alkanes) is 1. The van der Waals surface area contributed by atoms with Crippen LogP contribution in [0.25, 0.3) is 10.4 Å². The first-order valence-electron chi connectivity index (χ1n) is 15.9. The molecule has 1 N–H and O–H groups in total. The van der Waals surface area contributed by atoms with Crippen LogP contribution in [0.4, 0.5) is 18.0 Å². The van der Waals surface area contributed by atoms with Gasteiger partial charge in [-0.15, -0.1) is 4.72 Å². The van der Waals surface area contributed by atoms with Gasteiger partial charge in [0.05, 0.1) is 6.10 Å². The van der Waals surface area contributed by atoms with Crippen molar-refractivity contribution in [1.29, 1.82) is 0 Å². The van der Waals surface area contributed by atoms with Crippen molar-refractivity contribution in [3.63, 3.8) is 0 Å². The van der Waals surface area contributed by atoms with Crippen molar-refractivity contribution in [2.24, 2.45) is 5.11 Å². The van der Waals surface area contributed by atoms with E-state index in [0.29, 0.717) is 6.42 Å². The minimum atomic E-state index is -4.92. The second-order valence-corrected chi connectivity index (χ2v) is 20.3. The van der Waals surface area contributed by atoms with Crippen LogP contribution in [0.2, 0.25) is 5.04 Å². The molecular formula is C33H48F3N5O4SSi. The lowest BCUT2D eigenvalue weighted by Gasteiger charge is -2.49. The number of halogens is 3. The number of hydrogen-bond acceptors (Lipinski definition) is 6. The molecule has 1 fully saturated rings. The Hall–Kier alpha value is -2.74. The number of benzene rings is 2. The first kappa shape index (κ1) is 38.7. The Balaban J connectivity index is 2.25. The number of rotatable bonds is 14. The van der Waals surface area contributed by atoms with Gasteiger partial charge in [-0.3, -0.25) is 4.90 Å². The third kappa shape index (κ3) is 8.47. The lowest BCUT2D eigenvalue weighted by atomic mass is 9.84. The molecule has 1 unspecified atom stereocenters. The van der Waals surface area contributed by atoms with Crippen LogP contribution in [-0.4, -0.2) is 71.7 Å². The van der Waals surface area contributed by atoms with E-state index < -0.39 is 65.5 Å². The maximum atomic E-state index is 15.2. The SMILES string of the molecule is CC[C@@H](O[Si](c1ccccc1)(c1ccccc1)C(C)(C)C)[C@@]1(C)OC(=O)N(CCCCN=[N+]=[N-])[C@@H]1[C@H](N[S+]([O-])C(C)(C)C)C(F)(F)F. The topological polar surface area (TPSA) is 123 Å². The summed E-state index contributed by atoms with van der Waals surface area (Å²) in [6, 6.07) is 15.4. The van der Waals surface area contributed by atoms with Crippen LogP contribution in [0.3, 0.4) is 0 Å². The molecule has 9 nitrogen and oxygen atoms in total. The highest BCUT2D eigenvalue weighted by molar-refractivity contribution is 7.90. The van der Waals surface area contributed by atoms with Gasteiger partial charge in [0.2, 0.25) is 0 Å². The van der Waals surface area contributed by atoms with Gasteiger partial charge >= 0.3 is 12.3 Å². The fourth-order valence-corrected chi connectivity index (χ4v) is 12.0. The fourth-order valence-electron chi connectivity index (χ4n) is 6.35. The zero-order chi connectivity index (χ0) is 35.3. The summed E-state index contributed by atoms with van der Waals surface area (Å²) >= 11 is -2.14. The van der Waals surface area contributed by atoms with Crippen molar-refractivity contribution in [2.75, 3.05) is 13.1 Å². The Morgan fingerprint density at radius 3 is 2.02 bits per heavy atom. The Morgan fingerprint density at radius 2 is 1.60 bits per heavy atom. The molecule has 0 aromatic heterocycles. The number of carbonyl (C=O) groups excluding carboxylic acids is 1. The Labute approximate surface area is 280 Å². The number of alkyl halides is 3. The van der Waals surface area contributed by atoms with Crippen molar-refractivity contribution in [3.8, 4) is 0 Å². The molecule has 0 radical (unpaired) electrons. The summed E-state index contributed by atoms with van der Waals surface area (Å²) in [5.41, 5.74) is 6.83. The molecule has 1 heterocycles. The van der Waals surface area contributed by atoms with Gasteiger partial charge in [0, 0.05) is 29.4 Å². The third-order valence-corrected chi connectivity index (χ3v) is 15.3. The van der Waals surface area contributed by atoms with Gasteiger partial charge in [-0.05, 0) is 67.9 Å². The number of hydrogen-bond donors (Lipinski definition) is 1. The average Bonchev–Trinajstić information content (AvgIpc) is 3.24. The van der Waals surface area contributed by atoms with Crippen LogP contribution >= 0.6 is 0 Å². The van der Waals surface area contributed by atoms with Crippen LogP contribution in [0.5, 0.6) is 0 Å². The summed E-state index contributed by atoms with van der Waals surface area (Å²) < 4.78 is 73.6. The predicted octanol–water partition coefficient (Wildman–Crippen LogP) is 6.99. The van der Waals surface area contributed by atoms with E-state index in [1.165, 1.54) is 6.92 Å². The highest BCUT2D eigenvalue weighted by Crippen LogP contribution is 2.45. The first-order valence-corrected chi connectivity index (χ1v) is 18.9. The van der Waals surface area contributed by atoms with Gasteiger partial charge in [-0.2, -0.15) is 13.2 Å². The number of nitrogens with one attached hydrogen (secondary N) is 1. The van der Waals surface area contributed by atoms with Crippen molar-refractivity contribution >= 4 is 36.1 Å². The Morgan fingerprint density at radius 1 is 1.06 bits per heavy atom. The Kier molecular flexibility index (Phi) is 12.5. The van der Waals surface area contributed by atoms with Crippen molar-refractivity contribution in [1.82, 2.24) is 9.62 Å². The van der Waals surface area contributed by atoms with Crippen LogP contribution < -0.4 is 15.1 Å². The van der Waals surface area contributed by atoms with E-state index in [1.54, 1.807) is 20.8 Å². The molecule has 1 aliphatic rings. The molecule has 47 heavy (non-hydrogen) atoms. The molecule has 1 saturated heterocycles. The summed E-state index contributed by atoms with van der Waals surface area (Å²) in [4.78, 5) is 17.5. The van der Waals surface area contributed by atoms with Crippen molar-refractivity contribution < 1.29 is 31.7 Å². The monoisotopic (exact) mass is 695 g/mol. The highest BCUT2D eigenvalue weighted by Gasteiger charge is 2.66. The summed E-state index contributed by atoms with van der Waals surface area (Å²) in [6.07, 6.45) is -5.98. The second-order valence-electron chi connectivity index (χ2n) is 14.0. The summed E-state index contributed by atoms with van der Waals surface area (Å²) in [7, 11) is -3.32. The van der Waals surface area contributed by atoms with Gasteiger partial charge in [0.1, 0.15) is 10.8 Å². The highest BCUT2D eigenvalue weighted by atomic mass is 32.2. The number of ether oxygens (including phenoxy) is 1. The van der Waals surface area contributed by atoms with Gasteiger partial charge in [0.25, 0.3) is 8.32 Å². The molecule has 1 aliphatic heterocycles. The summed E-state index contributed by atoms with van der Waals surface area (Å²) in [6.45, 7) is 14.3. The van der Waals surface area contributed by atoms with E-state index >= 15 is 13.2 Å².